The van der Waals surface area contributed by atoms with E-state index in [1.165, 1.54) is 0 Å². The number of nitrogens with zero attached hydrogens (tertiary/aromatic N) is 1. The van der Waals surface area contributed by atoms with Crippen LogP contribution >= 0.6 is 0 Å². The van der Waals surface area contributed by atoms with E-state index in [9.17, 15) is 9.59 Å². The van der Waals surface area contributed by atoms with Crippen LogP contribution in [0.1, 0.15) is 52.9 Å². The van der Waals surface area contributed by atoms with Crippen LogP contribution in [0.25, 0.3) is 0 Å². The maximum atomic E-state index is 12.1. The summed E-state index contributed by atoms with van der Waals surface area (Å²) in [5, 5.41) is 11.9. The molecule has 2 amide bonds. The summed E-state index contributed by atoms with van der Waals surface area (Å²) in [6.07, 6.45) is 3.96. The molecule has 0 spiro atoms. The standard InChI is InChI=1S/C15H28N2O3/c1-11(2)8-12(3)17(4)14(20)16-10-15(6-5-7-15)9-13(18)19/h11-12H,5-10H2,1-4H3,(H,16,20)(H,18,19). The van der Waals surface area contributed by atoms with Gasteiger partial charge in [-0.2, -0.15) is 0 Å². The summed E-state index contributed by atoms with van der Waals surface area (Å²) in [6.45, 7) is 6.78. The van der Waals surface area contributed by atoms with Crippen LogP contribution in [0.4, 0.5) is 4.79 Å². The first-order valence-electron chi connectivity index (χ1n) is 7.48. The third kappa shape index (κ3) is 4.69. The van der Waals surface area contributed by atoms with Crippen molar-refractivity contribution < 1.29 is 14.7 Å². The molecular weight excluding hydrogens is 256 g/mol. The number of nitrogens with one attached hydrogen (secondary N) is 1. The molecule has 0 bridgehead atoms. The summed E-state index contributed by atoms with van der Waals surface area (Å²) in [6, 6.07) is 0.0848. The Labute approximate surface area is 121 Å². The molecule has 0 saturated heterocycles. The van der Waals surface area contributed by atoms with Gasteiger partial charge < -0.3 is 15.3 Å². The number of carboxylic acids is 1. The van der Waals surface area contributed by atoms with Gasteiger partial charge in [0.2, 0.25) is 0 Å². The van der Waals surface area contributed by atoms with Gasteiger partial charge in [-0.3, -0.25) is 4.79 Å². The lowest BCUT2D eigenvalue weighted by atomic mass is 9.66. The third-order valence-corrected chi connectivity index (χ3v) is 4.35. The molecule has 1 atom stereocenters. The Bertz CT molecular complexity index is 351. The Balaban J connectivity index is 2.43. The van der Waals surface area contributed by atoms with Gasteiger partial charge in [0.1, 0.15) is 0 Å². The lowest BCUT2D eigenvalue weighted by Gasteiger charge is -2.41. The number of amides is 2. The van der Waals surface area contributed by atoms with E-state index in [1.807, 2.05) is 6.92 Å². The van der Waals surface area contributed by atoms with Gasteiger partial charge >= 0.3 is 12.0 Å². The molecule has 0 heterocycles. The summed E-state index contributed by atoms with van der Waals surface area (Å²) >= 11 is 0. The highest BCUT2D eigenvalue weighted by Crippen LogP contribution is 2.43. The van der Waals surface area contributed by atoms with E-state index in [1.54, 1.807) is 11.9 Å². The zero-order chi connectivity index (χ0) is 15.3. The fraction of sp³-hybridized carbons (Fsp3) is 0.867. The largest absolute Gasteiger partial charge is 0.481 e. The number of carbonyl (C=O) groups excluding carboxylic acids is 1. The molecular formula is C15H28N2O3. The highest BCUT2D eigenvalue weighted by atomic mass is 16.4. The predicted octanol–water partition coefficient (Wildman–Crippen LogP) is 2.71. The molecule has 1 fully saturated rings. The third-order valence-electron chi connectivity index (χ3n) is 4.35. The van der Waals surface area contributed by atoms with Crippen LogP contribution in [0.2, 0.25) is 0 Å². The van der Waals surface area contributed by atoms with E-state index in [0.29, 0.717) is 12.5 Å². The molecule has 2 N–H and O–H groups in total. The van der Waals surface area contributed by atoms with Crippen molar-refractivity contribution in [3.05, 3.63) is 0 Å². The van der Waals surface area contributed by atoms with Crippen molar-refractivity contribution in [1.82, 2.24) is 10.2 Å². The van der Waals surface area contributed by atoms with Gasteiger partial charge in [0.05, 0.1) is 6.42 Å². The first-order valence-corrected chi connectivity index (χ1v) is 7.48. The van der Waals surface area contributed by atoms with E-state index in [-0.39, 0.29) is 23.9 Å². The van der Waals surface area contributed by atoms with Crippen molar-refractivity contribution >= 4 is 12.0 Å². The second kappa shape index (κ2) is 6.95. The summed E-state index contributed by atoms with van der Waals surface area (Å²) in [5.74, 6) is -0.231. The SMILES string of the molecule is CC(C)CC(C)N(C)C(=O)NCC1(CC(=O)O)CCC1. The van der Waals surface area contributed by atoms with Crippen LogP contribution in [0.15, 0.2) is 0 Å². The zero-order valence-corrected chi connectivity index (χ0v) is 13.1. The molecule has 0 aromatic rings. The van der Waals surface area contributed by atoms with Gasteiger partial charge in [0.15, 0.2) is 0 Å². The van der Waals surface area contributed by atoms with Crippen molar-refractivity contribution in [1.29, 1.82) is 0 Å². The Morgan fingerprint density at radius 3 is 2.30 bits per heavy atom. The van der Waals surface area contributed by atoms with Crippen LogP contribution in [0.5, 0.6) is 0 Å². The number of aliphatic carboxylic acids is 1. The lowest BCUT2D eigenvalue weighted by Crippen LogP contribution is -2.49. The first kappa shape index (κ1) is 16.8. The second-order valence-corrected chi connectivity index (χ2v) is 6.67. The predicted molar refractivity (Wildman–Crippen MR) is 78.6 cm³/mol. The maximum absolute atomic E-state index is 12.1. The number of hydrogen-bond donors (Lipinski definition) is 2. The Hall–Kier alpha value is -1.26. The fourth-order valence-corrected chi connectivity index (χ4v) is 2.84. The topological polar surface area (TPSA) is 69.6 Å². The highest BCUT2D eigenvalue weighted by molar-refractivity contribution is 5.74. The van der Waals surface area contributed by atoms with Gasteiger partial charge in [-0.1, -0.05) is 20.3 Å². The van der Waals surface area contributed by atoms with Gasteiger partial charge in [0.25, 0.3) is 0 Å². The molecule has 5 heteroatoms. The molecule has 0 aliphatic heterocycles. The molecule has 5 nitrogen and oxygen atoms in total. The quantitative estimate of drug-likeness (QED) is 0.755. The summed E-state index contributed by atoms with van der Waals surface area (Å²) in [7, 11) is 1.80. The minimum atomic E-state index is -0.777. The van der Waals surface area contributed by atoms with Gasteiger partial charge in [-0.25, -0.2) is 4.79 Å². The molecule has 1 aliphatic carbocycles. The van der Waals surface area contributed by atoms with Crippen LogP contribution in [0, 0.1) is 11.3 Å². The van der Waals surface area contributed by atoms with Gasteiger partial charge in [-0.15, -0.1) is 0 Å². The molecule has 1 aliphatic rings. The van der Waals surface area contributed by atoms with Crippen molar-refractivity contribution in [3.8, 4) is 0 Å². The smallest absolute Gasteiger partial charge is 0.317 e. The minimum absolute atomic E-state index is 0.102. The lowest BCUT2D eigenvalue weighted by molar-refractivity contribution is -0.141. The van der Waals surface area contributed by atoms with Crippen molar-refractivity contribution in [3.63, 3.8) is 0 Å². The van der Waals surface area contributed by atoms with E-state index in [2.05, 4.69) is 19.2 Å². The molecule has 1 rings (SSSR count). The minimum Gasteiger partial charge on any atom is -0.481 e. The summed E-state index contributed by atoms with van der Waals surface area (Å²) in [4.78, 5) is 24.7. The molecule has 1 unspecified atom stereocenters. The van der Waals surface area contributed by atoms with Crippen molar-refractivity contribution in [2.45, 2.75) is 58.9 Å². The zero-order valence-electron chi connectivity index (χ0n) is 13.1. The van der Waals surface area contributed by atoms with E-state index < -0.39 is 5.97 Å². The number of rotatable bonds is 7. The molecule has 0 radical (unpaired) electrons. The number of hydrogen-bond acceptors (Lipinski definition) is 2. The van der Waals surface area contributed by atoms with E-state index in [0.717, 1.165) is 25.7 Å². The number of urea groups is 1. The second-order valence-electron chi connectivity index (χ2n) is 6.67. The molecule has 1 saturated carbocycles. The first-order chi connectivity index (χ1) is 9.26. The molecule has 116 valence electrons. The Kier molecular flexibility index (Phi) is 5.84. The van der Waals surface area contributed by atoms with Crippen LogP contribution < -0.4 is 5.32 Å². The Morgan fingerprint density at radius 1 is 1.30 bits per heavy atom. The average Bonchev–Trinajstić information content (AvgIpc) is 2.29. The van der Waals surface area contributed by atoms with Crippen molar-refractivity contribution in [2.24, 2.45) is 11.3 Å². The Morgan fingerprint density at radius 2 is 1.90 bits per heavy atom. The normalized spacial score (nSPS) is 18.2. The summed E-state index contributed by atoms with van der Waals surface area (Å²) < 4.78 is 0. The van der Waals surface area contributed by atoms with Gasteiger partial charge in [0, 0.05) is 19.6 Å². The van der Waals surface area contributed by atoms with Gasteiger partial charge in [-0.05, 0) is 37.5 Å². The molecule has 20 heavy (non-hydrogen) atoms. The fourth-order valence-electron chi connectivity index (χ4n) is 2.84. The summed E-state index contributed by atoms with van der Waals surface area (Å²) in [5.41, 5.74) is -0.219. The highest BCUT2D eigenvalue weighted by Gasteiger charge is 2.39. The van der Waals surface area contributed by atoms with E-state index >= 15 is 0 Å². The van der Waals surface area contributed by atoms with E-state index in [4.69, 9.17) is 5.11 Å². The van der Waals surface area contributed by atoms with Crippen LogP contribution in [-0.2, 0) is 4.79 Å². The molecule has 0 aromatic carbocycles. The monoisotopic (exact) mass is 284 g/mol. The number of carboxylic acid groups (broad SMARTS) is 1. The average molecular weight is 284 g/mol. The van der Waals surface area contributed by atoms with Crippen LogP contribution in [-0.4, -0.2) is 41.6 Å². The molecule has 0 aromatic heterocycles. The number of carbonyl (C=O) groups is 2. The van der Waals surface area contributed by atoms with Crippen molar-refractivity contribution in [2.75, 3.05) is 13.6 Å². The van der Waals surface area contributed by atoms with Crippen LogP contribution in [0.3, 0.4) is 0 Å². The maximum Gasteiger partial charge on any atom is 0.317 e.